The summed E-state index contributed by atoms with van der Waals surface area (Å²) in [6, 6.07) is 2.17. The highest BCUT2D eigenvalue weighted by molar-refractivity contribution is 9.10. The first-order chi connectivity index (χ1) is 6.69. The molecule has 0 saturated heterocycles. The normalized spacial score (nSPS) is 15.4. The number of thiophene rings is 1. The third kappa shape index (κ3) is 3.05. The van der Waals surface area contributed by atoms with Crippen molar-refractivity contribution in [3.63, 3.8) is 0 Å². The Labute approximate surface area is 97.6 Å². The zero-order chi connectivity index (χ0) is 10.6. The predicted molar refractivity (Wildman–Crippen MR) is 64.7 cm³/mol. The van der Waals surface area contributed by atoms with Crippen LogP contribution in [0.1, 0.15) is 31.2 Å². The summed E-state index contributed by atoms with van der Waals surface area (Å²) in [6.45, 7) is 4.78. The molecule has 0 aromatic carbocycles. The van der Waals surface area contributed by atoms with Gasteiger partial charge in [0.15, 0.2) is 0 Å². The molecule has 0 aliphatic carbocycles. The van der Waals surface area contributed by atoms with Gasteiger partial charge >= 0.3 is 0 Å². The van der Waals surface area contributed by atoms with Gasteiger partial charge in [-0.3, -0.25) is 0 Å². The number of nitrogens with two attached hydrogens (primary N) is 1. The molecule has 2 N–H and O–H groups in total. The molecule has 2 unspecified atom stereocenters. The van der Waals surface area contributed by atoms with Crippen LogP contribution in [-0.4, -0.2) is 12.6 Å². The van der Waals surface area contributed by atoms with Gasteiger partial charge in [0.05, 0.1) is 0 Å². The van der Waals surface area contributed by atoms with Gasteiger partial charge < -0.3 is 10.5 Å². The van der Waals surface area contributed by atoms with E-state index in [4.69, 9.17) is 10.5 Å². The maximum absolute atomic E-state index is 6.01. The lowest BCUT2D eigenvalue weighted by molar-refractivity contribution is 0.0449. The topological polar surface area (TPSA) is 35.2 Å². The molecule has 1 rings (SSSR count). The number of hydrogen-bond acceptors (Lipinski definition) is 3. The molecule has 0 amide bonds. The van der Waals surface area contributed by atoms with Crippen molar-refractivity contribution >= 4 is 27.3 Å². The molecule has 0 fully saturated rings. The zero-order valence-corrected chi connectivity index (χ0v) is 10.9. The van der Waals surface area contributed by atoms with Crippen LogP contribution in [0, 0.1) is 0 Å². The SMILES string of the molecule is CCOC(c1cc(Br)cs1)C(N)CC. The smallest absolute Gasteiger partial charge is 0.107 e. The summed E-state index contributed by atoms with van der Waals surface area (Å²) in [5.41, 5.74) is 6.01. The maximum Gasteiger partial charge on any atom is 0.107 e. The van der Waals surface area contributed by atoms with Gasteiger partial charge in [-0.2, -0.15) is 0 Å². The number of rotatable bonds is 5. The second kappa shape index (κ2) is 5.85. The van der Waals surface area contributed by atoms with Crippen molar-refractivity contribution in [2.45, 2.75) is 32.4 Å². The first-order valence-corrected chi connectivity index (χ1v) is 6.47. The Hall–Kier alpha value is 0.1000. The maximum atomic E-state index is 6.01. The van der Waals surface area contributed by atoms with E-state index >= 15 is 0 Å². The minimum absolute atomic E-state index is 0.0429. The second-order valence-corrected chi connectivity index (χ2v) is 4.97. The third-order valence-electron chi connectivity index (χ3n) is 2.07. The van der Waals surface area contributed by atoms with E-state index in [2.05, 4.69) is 34.3 Å². The van der Waals surface area contributed by atoms with Crippen molar-refractivity contribution in [2.24, 2.45) is 5.73 Å². The van der Waals surface area contributed by atoms with Crippen LogP contribution in [0.15, 0.2) is 15.9 Å². The molecule has 1 heterocycles. The molecule has 0 aliphatic heterocycles. The van der Waals surface area contributed by atoms with Crippen LogP contribution in [0.4, 0.5) is 0 Å². The standard InChI is InChI=1S/C10H16BrNOS/c1-3-8(12)10(13-4-2)9-5-7(11)6-14-9/h5-6,8,10H,3-4,12H2,1-2H3. The van der Waals surface area contributed by atoms with E-state index in [1.807, 2.05) is 6.92 Å². The molecule has 0 spiro atoms. The summed E-state index contributed by atoms with van der Waals surface area (Å²) in [6.07, 6.45) is 0.974. The lowest BCUT2D eigenvalue weighted by atomic mass is 10.1. The quantitative estimate of drug-likeness (QED) is 0.896. The molecule has 0 saturated carbocycles. The summed E-state index contributed by atoms with van der Waals surface area (Å²) in [5, 5.41) is 2.06. The van der Waals surface area contributed by atoms with Crippen LogP contribution in [0.25, 0.3) is 0 Å². The van der Waals surface area contributed by atoms with Gasteiger partial charge in [-0.25, -0.2) is 0 Å². The minimum Gasteiger partial charge on any atom is -0.371 e. The first-order valence-electron chi connectivity index (χ1n) is 4.80. The predicted octanol–water partition coefficient (Wildman–Crippen LogP) is 3.33. The van der Waals surface area contributed by atoms with Crippen molar-refractivity contribution in [2.75, 3.05) is 6.61 Å². The molecule has 2 nitrogen and oxygen atoms in total. The van der Waals surface area contributed by atoms with Gasteiger partial charge in [-0.15, -0.1) is 11.3 Å². The molecule has 4 heteroatoms. The van der Waals surface area contributed by atoms with Crippen molar-refractivity contribution < 1.29 is 4.74 Å². The van der Waals surface area contributed by atoms with Crippen molar-refractivity contribution in [1.29, 1.82) is 0 Å². The highest BCUT2D eigenvalue weighted by Crippen LogP contribution is 2.30. The van der Waals surface area contributed by atoms with Crippen LogP contribution in [0.5, 0.6) is 0 Å². The van der Waals surface area contributed by atoms with Crippen molar-refractivity contribution in [1.82, 2.24) is 0 Å². The van der Waals surface area contributed by atoms with E-state index in [0.29, 0.717) is 6.61 Å². The van der Waals surface area contributed by atoms with E-state index in [1.54, 1.807) is 11.3 Å². The van der Waals surface area contributed by atoms with Gasteiger partial charge in [-0.1, -0.05) is 6.92 Å². The molecular weight excluding hydrogens is 262 g/mol. The highest BCUT2D eigenvalue weighted by Gasteiger charge is 2.20. The molecule has 0 aliphatic rings. The van der Waals surface area contributed by atoms with Gasteiger partial charge in [0, 0.05) is 27.4 Å². The van der Waals surface area contributed by atoms with Crippen LogP contribution in [-0.2, 0) is 4.74 Å². The Morgan fingerprint density at radius 1 is 1.57 bits per heavy atom. The lowest BCUT2D eigenvalue weighted by Crippen LogP contribution is -2.29. The number of halogens is 1. The molecule has 0 bridgehead atoms. The van der Waals surface area contributed by atoms with Gasteiger partial charge in [0.1, 0.15) is 6.10 Å². The largest absolute Gasteiger partial charge is 0.371 e. The summed E-state index contributed by atoms with van der Waals surface area (Å²) in [4.78, 5) is 1.20. The molecule has 80 valence electrons. The second-order valence-electron chi connectivity index (χ2n) is 3.12. The van der Waals surface area contributed by atoms with E-state index in [-0.39, 0.29) is 12.1 Å². The Bertz CT molecular complexity index is 277. The number of hydrogen-bond donors (Lipinski definition) is 1. The molecule has 1 aromatic rings. The fraction of sp³-hybridized carbons (Fsp3) is 0.600. The van der Waals surface area contributed by atoms with Gasteiger partial charge in [0.2, 0.25) is 0 Å². The average molecular weight is 278 g/mol. The highest BCUT2D eigenvalue weighted by atomic mass is 79.9. The summed E-state index contributed by atoms with van der Waals surface area (Å²) in [5.74, 6) is 0. The van der Waals surface area contributed by atoms with Crippen LogP contribution in [0.2, 0.25) is 0 Å². The minimum atomic E-state index is 0.0429. The Morgan fingerprint density at radius 2 is 2.29 bits per heavy atom. The molecule has 2 atom stereocenters. The van der Waals surface area contributed by atoms with Crippen molar-refractivity contribution in [3.8, 4) is 0 Å². The van der Waals surface area contributed by atoms with Gasteiger partial charge in [0.25, 0.3) is 0 Å². The van der Waals surface area contributed by atoms with Crippen LogP contribution in [0.3, 0.4) is 0 Å². The van der Waals surface area contributed by atoms with E-state index < -0.39 is 0 Å². The fourth-order valence-corrected chi connectivity index (χ4v) is 2.86. The number of ether oxygens (including phenoxy) is 1. The summed E-state index contributed by atoms with van der Waals surface area (Å²) < 4.78 is 6.76. The lowest BCUT2D eigenvalue weighted by Gasteiger charge is -2.21. The third-order valence-corrected chi connectivity index (χ3v) is 3.83. The average Bonchev–Trinajstić information content (AvgIpc) is 2.60. The van der Waals surface area contributed by atoms with E-state index in [9.17, 15) is 0 Å². The zero-order valence-electron chi connectivity index (χ0n) is 8.50. The van der Waals surface area contributed by atoms with Gasteiger partial charge in [-0.05, 0) is 35.3 Å². The Balaban J connectivity index is 2.76. The molecule has 1 aromatic heterocycles. The first kappa shape index (κ1) is 12.2. The fourth-order valence-electron chi connectivity index (χ4n) is 1.29. The monoisotopic (exact) mass is 277 g/mol. The Morgan fingerprint density at radius 3 is 2.71 bits per heavy atom. The summed E-state index contributed by atoms with van der Waals surface area (Å²) in [7, 11) is 0. The van der Waals surface area contributed by atoms with Crippen LogP contribution < -0.4 is 5.73 Å². The molecule has 14 heavy (non-hydrogen) atoms. The van der Waals surface area contributed by atoms with E-state index in [0.717, 1.165) is 10.9 Å². The summed E-state index contributed by atoms with van der Waals surface area (Å²) >= 11 is 5.13. The van der Waals surface area contributed by atoms with Crippen LogP contribution >= 0.6 is 27.3 Å². The van der Waals surface area contributed by atoms with Crippen molar-refractivity contribution in [3.05, 3.63) is 20.8 Å². The molecular formula is C10H16BrNOS. The molecule has 0 radical (unpaired) electrons. The van der Waals surface area contributed by atoms with E-state index in [1.165, 1.54) is 4.88 Å². The Kier molecular flexibility index (Phi) is 5.09.